The summed E-state index contributed by atoms with van der Waals surface area (Å²) in [6.45, 7) is 3.94. The van der Waals surface area contributed by atoms with Gasteiger partial charge in [-0.3, -0.25) is 9.79 Å². The van der Waals surface area contributed by atoms with E-state index in [1.165, 1.54) is 6.07 Å². The Balaban J connectivity index is 2.25. The Bertz CT molecular complexity index is 701. The predicted molar refractivity (Wildman–Crippen MR) is 72.5 cm³/mol. The zero-order chi connectivity index (χ0) is 13.8. The Labute approximate surface area is 112 Å². The van der Waals surface area contributed by atoms with Crippen molar-refractivity contribution in [2.24, 2.45) is 10.4 Å². The minimum atomic E-state index is -3.62. The average Bonchev–Trinajstić information content (AvgIpc) is 2.25. The van der Waals surface area contributed by atoms with Gasteiger partial charge in [0.2, 0.25) is 0 Å². The molecule has 0 saturated heterocycles. The normalized spacial score (nSPS) is 27.2. The Morgan fingerprint density at radius 3 is 2.63 bits per heavy atom. The van der Waals surface area contributed by atoms with Gasteiger partial charge in [-0.15, -0.1) is 0 Å². The third-order valence-corrected chi connectivity index (χ3v) is 5.77. The van der Waals surface area contributed by atoms with Crippen molar-refractivity contribution in [3.05, 3.63) is 24.3 Å². The number of para-hydroxylation sites is 1. The molecule has 0 N–H and O–H groups in total. The van der Waals surface area contributed by atoms with E-state index in [0.29, 0.717) is 17.8 Å². The van der Waals surface area contributed by atoms with E-state index in [-0.39, 0.29) is 22.5 Å². The number of sulfone groups is 1. The van der Waals surface area contributed by atoms with Gasteiger partial charge >= 0.3 is 0 Å². The fraction of sp³-hybridized carbons (Fsp3) is 0.429. The smallest absolute Gasteiger partial charge is 0.195 e. The molecule has 0 amide bonds. The molecule has 5 heteroatoms. The molecule has 3 rings (SSSR count). The van der Waals surface area contributed by atoms with Gasteiger partial charge in [-0.2, -0.15) is 0 Å². The van der Waals surface area contributed by atoms with Gasteiger partial charge in [0.25, 0.3) is 0 Å². The molecule has 1 fully saturated rings. The number of hydrogen-bond donors (Lipinski definition) is 0. The Morgan fingerprint density at radius 1 is 1.21 bits per heavy atom. The third kappa shape index (κ3) is 1.84. The van der Waals surface area contributed by atoms with Crippen molar-refractivity contribution in [3.8, 4) is 0 Å². The highest BCUT2D eigenvalue weighted by atomic mass is 32.2. The van der Waals surface area contributed by atoms with Crippen LogP contribution in [-0.2, 0) is 14.6 Å². The predicted octanol–water partition coefficient (Wildman–Crippen LogP) is 2.30. The van der Waals surface area contributed by atoms with E-state index in [2.05, 4.69) is 4.99 Å². The fourth-order valence-corrected chi connectivity index (χ4v) is 4.77. The zero-order valence-electron chi connectivity index (χ0n) is 10.9. The summed E-state index contributed by atoms with van der Waals surface area (Å²) in [5, 5.41) is -1.06. The molecule has 0 unspecified atom stereocenters. The van der Waals surface area contributed by atoms with Crippen LogP contribution in [0, 0.1) is 5.41 Å². The number of Topliss-reactive ketones (excluding diaryl/α,β-unsaturated/α-hetero) is 1. The van der Waals surface area contributed by atoms with Crippen molar-refractivity contribution in [1.82, 2.24) is 0 Å². The van der Waals surface area contributed by atoms with Crippen LogP contribution in [0.4, 0.5) is 5.69 Å². The number of nitrogens with zero attached hydrogens (tertiary/aromatic N) is 1. The van der Waals surface area contributed by atoms with E-state index in [4.69, 9.17) is 0 Å². The Morgan fingerprint density at radius 2 is 1.89 bits per heavy atom. The van der Waals surface area contributed by atoms with Crippen LogP contribution in [0.15, 0.2) is 34.2 Å². The minimum absolute atomic E-state index is 0.178. The van der Waals surface area contributed by atoms with Gasteiger partial charge in [0, 0.05) is 12.1 Å². The number of carbonyl (C=O) groups excluding carboxylic acids is 1. The molecule has 1 heterocycles. The molecule has 1 aliphatic carbocycles. The molecule has 100 valence electrons. The first-order valence-electron chi connectivity index (χ1n) is 6.24. The average molecular weight is 277 g/mol. The molecular formula is C14H15NO3S. The molecular weight excluding hydrogens is 262 g/mol. The maximum absolute atomic E-state index is 12.6. The Hall–Kier alpha value is -1.49. The highest BCUT2D eigenvalue weighted by Crippen LogP contribution is 2.41. The second-order valence-electron chi connectivity index (χ2n) is 5.98. The van der Waals surface area contributed by atoms with Crippen LogP contribution in [0.3, 0.4) is 0 Å². The molecule has 1 aromatic carbocycles. The van der Waals surface area contributed by atoms with Crippen molar-refractivity contribution in [1.29, 1.82) is 0 Å². The lowest BCUT2D eigenvalue weighted by Crippen LogP contribution is -2.47. The van der Waals surface area contributed by atoms with Crippen LogP contribution in [0.1, 0.15) is 26.7 Å². The summed E-state index contributed by atoms with van der Waals surface area (Å²) < 4.78 is 25.1. The quantitative estimate of drug-likeness (QED) is 0.731. The molecule has 4 nitrogen and oxygen atoms in total. The van der Waals surface area contributed by atoms with Gasteiger partial charge in [0.15, 0.2) is 20.9 Å². The number of ketones is 1. The monoisotopic (exact) mass is 277 g/mol. The number of benzene rings is 1. The summed E-state index contributed by atoms with van der Waals surface area (Å²) in [5.74, 6) is -0.232. The lowest BCUT2D eigenvalue weighted by Gasteiger charge is -2.36. The molecule has 1 aliphatic heterocycles. The van der Waals surface area contributed by atoms with E-state index in [0.717, 1.165) is 0 Å². The number of aliphatic imine (C=N–C) groups is 1. The van der Waals surface area contributed by atoms with Crippen molar-refractivity contribution in [2.75, 3.05) is 0 Å². The van der Waals surface area contributed by atoms with Crippen LogP contribution in [-0.4, -0.2) is 25.2 Å². The molecule has 0 spiro atoms. The summed E-state index contributed by atoms with van der Waals surface area (Å²) in [5.41, 5.74) is 0.744. The zero-order valence-corrected chi connectivity index (χ0v) is 11.7. The van der Waals surface area contributed by atoms with Crippen LogP contribution in [0.25, 0.3) is 0 Å². The van der Waals surface area contributed by atoms with Gasteiger partial charge in [-0.05, 0) is 24.0 Å². The number of fused-ring (bicyclic) bond motifs is 2. The standard InChI is InChI=1S/C14H15NO3S/c1-14(2)7-10-13(11(16)8-14)19(17,18)12-6-4-3-5-9(12)15-10/h3-6,13H,7-8H2,1-2H3/t13-/m1/s1. The van der Waals surface area contributed by atoms with Gasteiger partial charge < -0.3 is 0 Å². The summed E-state index contributed by atoms with van der Waals surface area (Å²) in [6.07, 6.45) is 0.842. The number of hydrogen-bond acceptors (Lipinski definition) is 4. The van der Waals surface area contributed by atoms with Crippen LogP contribution >= 0.6 is 0 Å². The first kappa shape index (κ1) is 12.5. The molecule has 1 atom stereocenters. The topological polar surface area (TPSA) is 63.6 Å². The molecule has 19 heavy (non-hydrogen) atoms. The van der Waals surface area contributed by atoms with E-state index in [9.17, 15) is 13.2 Å². The third-order valence-electron chi connectivity index (χ3n) is 3.65. The lowest BCUT2D eigenvalue weighted by molar-refractivity contribution is -0.120. The highest BCUT2D eigenvalue weighted by molar-refractivity contribution is 7.94. The summed E-state index contributed by atoms with van der Waals surface area (Å²) in [7, 11) is -3.62. The van der Waals surface area contributed by atoms with Gasteiger partial charge in [0.05, 0.1) is 10.6 Å². The van der Waals surface area contributed by atoms with E-state index in [1.807, 2.05) is 13.8 Å². The largest absolute Gasteiger partial charge is 0.298 e. The van der Waals surface area contributed by atoms with Gasteiger partial charge in [-0.25, -0.2) is 8.42 Å². The maximum atomic E-state index is 12.6. The second kappa shape index (κ2) is 3.76. The highest BCUT2D eigenvalue weighted by Gasteiger charge is 2.48. The molecule has 0 bridgehead atoms. The number of carbonyl (C=O) groups is 1. The van der Waals surface area contributed by atoms with Gasteiger partial charge in [0.1, 0.15) is 0 Å². The fourth-order valence-electron chi connectivity index (χ4n) is 2.92. The summed E-state index contributed by atoms with van der Waals surface area (Å²) >= 11 is 0. The van der Waals surface area contributed by atoms with Crippen molar-refractivity contribution >= 4 is 27.0 Å². The van der Waals surface area contributed by atoms with Crippen LogP contribution in [0.2, 0.25) is 0 Å². The van der Waals surface area contributed by atoms with Crippen molar-refractivity contribution < 1.29 is 13.2 Å². The van der Waals surface area contributed by atoms with Crippen molar-refractivity contribution in [3.63, 3.8) is 0 Å². The first-order valence-corrected chi connectivity index (χ1v) is 7.79. The number of rotatable bonds is 0. The SMILES string of the molecule is CC1(C)CC(=O)[C@H]2C(=Nc3ccccc3S2(=O)=O)C1. The first-order chi connectivity index (χ1) is 8.81. The van der Waals surface area contributed by atoms with E-state index in [1.54, 1.807) is 18.2 Å². The molecule has 1 saturated carbocycles. The lowest BCUT2D eigenvalue weighted by atomic mass is 9.75. The minimum Gasteiger partial charge on any atom is -0.298 e. The second-order valence-corrected chi connectivity index (χ2v) is 7.98. The maximum Gasteiger partial charge on any atom is 0.195 e. The van der Waals surface area contributed by atoms with Crippen molar-refractivity contribution in [2.45, 2.75) is 36.8 Å². The summed E-state index contributed by atoms with van der Waals surface area (Å²) in [6, 6.07) is 6.63. The molecule has 0 radical (unpaired) electrons. The molecule has 0 aromatic heterocycles. The Kier molecular flexibility index (Phi) is 2.48. The van der Waals surface area contributed by atoms with Gasteiger partial charge in [-0.1, -0.05) is 26.0 Å². The molecule has 2 aliphatic rings. The summed E-state index contributed by atoms with van der Waals surface area (Å²) in [4.78, 5) is 16.8. The molecule has 1 aromatic rings. The van der Waals surface area contributed by atoms with E-state index >= 15 is 0 Å². The van der Waals surface area contributed by atoms with Crippen LogP contribution in [0.5, 0.6) is 0 Å². The van der Waals surface area contributed by atoms with Crippen LogP contribution < -0.4 is 0 Å². The van der Waals surface area contributed by atoms with E-state index < -0.39 is 15.1 Å².